The zero-order valence-electron chi connectivity index (χ0n) is 9.45. The van der Waals surface area contributed by atoms with Crippen molar-refractivity contribution in [3.63, 3.8) is 0 Å². The standard InChI is InChI=1S/C12H18ClNOS/c1-8(6-9-2-3-9)14-7-10(15)11-4-5-12(13)16-11/h4-5,8-10,14-15H,2-3,6-7H2,1H3. The summed E-state index contributed by atoms with van der Waals surface area (Å²) in [5, 5.41) is 13.3. The van der Waals surface area contributed by atoms with Crippen LogP contribution < -0.4 is 5.32 Å². The molecule has 2 atom stereocenters. The molecule has 1 saturated carbocycles. The number of rotatable bonds is 6. The van der Waals surface area contributed by atoms with Crippen molar-refractivity contribution in [2.45, 2.75) is 38.3 Å². The van der Waals surface area contributed by atoms with Gasteiger partial charge in [-0.3, -0.25) is 0 Å². The van der Waals surface area contributed by atoms with Gasteiger partial charge >= 0.3 is 0 Å². The number of hydrogen-bond donors (Lipinski definition) is 2. The molecule has 0 spiro atoms. The van der Waals surface area contributed by atoms with Gasteiger partial charge in [-0.15, -0.1) is 11.3 Å². The molecule has 4 heteroatoms. The second kappa shape index (κ2) is 5.50. The molecule has 2 unspecified atom stereocenters. The van der Waals surface area contributed by atoms with Crippen molar-refractivity contribution in [1.82, 2.24) is 5.32 Å². The summed E-state index contributed by atoms with van der Waals surface area (Å²) in [6.07, 6.45) is 3.57. The highest BCUT2D eigenvalue weighted by Crippen LogP contribution is 2.33. The summed E-state index contributed by atoms with van der Waals surface area (Å²) in [6, 6.07) is 4.22. The molecular formula is C12H18ClNOS. The fraction of sp³-hybridized carbons (Fsp3) is 0.667. The molecule has 2 rings (SSSR count). The molecule has 1 aromatic heterocycles. The average molecular weight is 260 g/mol. The van der Waals surface area contributed by atoms with Gasteiger partial charge in [-0.1, -0.05) is 24.4 Å². The van der Waals surface area contributed by atoms with Crippen molar-refractivity contribution in [2.24, 2.45) is 5.92 Å². The van der Waals surface area contributed by atoms with Gasteiger partial charge in [0.2, 0.25) is 0 Å². The van der Waals surface area contributed by atoms with Crippen molar-refractivity contribution in [2.75, 3.05) is 6.54 Å². The monoisotopic (exact) mass is 259 g/mol. The van der Waals surface area contributed by atoms with Crippen molar-refractivity contribution in [1.29, 1.82) is 0 Å². The Hall–Kier alpha value is -0.0900. The van der Waals surface area contributed by atoms with Crippen LogP contribution in [0.5, 0.6) is 0 Å². The maximum Gasteiger partial charge on any atom is 0.101 e. The van der Waals surface area contributed by atoms with E-state index in [9.17, 15) is 5.11 Å². The van der Waals surface area contributed by atoms with E-state index >= 15 is 0 Å². The molecule has 0 radical (unpaired) electrons. The Morgan fingerprint density at radius 3 is 2.88 bits per heavy atom. The first-order valence-electron chi connectivity index (χ1n) is 5.82. The first kappa shape index (κ1) is 12.4. The molecule has 0 amide bonds. The molecule has 1 fully saturated rings. The highest BCUT2D eigenvalue weighted by atomic mass is 35.5. The Balaban J connectivity index is 1.71. The third-order valence-electron chi connectivity index (χ3n) is 2.97. The number of nitrogens with one attached hydrogen (secondary N) is 1. The Morgan fingerprint density at radius 1 is 1.56 bits per heavy atom. The Morgan fingerprint density at radius 2 is 2.31 bits per heavy atom. The van der Waals surface area contributed by atoms with E-state index in [1.54, 1.807) is 0 Å². The lowest BCUT2D eigenvalue weighted by atomic mass is 10.1. The molecule has 90 valence electrons. The maximum absolute atomic E-state index is 9.92. The smallest absolute Gasteiger partial charge is 0.101 e. The van der Waals surface area contributed by atoms with Crippen LogP contribution in [0, 0.1) is 5.92 Å². The fourth-order valence-corrected chi connectivity index (χ4v) is 2.90. The van der Waals surface area contributed by atoms with Crippen LogP contribution >= 0.6 is 22.9 Å². The van der Waals surface area contributed by atoms with Crippen molar-refractivity contribution >= 4 is 22.9 Å². The lowest BCUT2D eigenvalue weighted by molar-refractivity contribution is 0.173. The van der Waals surface area contributed by atoms with Gasteiger partial charge in [0.25, 0.3) is 0 Å². The SMILES string of the molecule is CC(CC1CC1)NCC(O)c1ccc(Cl)s1. The molecule has 0 saturated heterocycles. The topological polar surface area (TPSA) is 32.3 Å². The summed E-state index contributed by atoms with van der Waals surface area (Å²) in [5.74, 6) is 0.927. The third-order valence-corrected chi connectivity index (χ3v) is 4.30. The van der Waals surface area contributed by atoms with E-state index in [4.69, 9.17) is 11.6 Å². The van der Waals surface area contributed by atoms with Crippen LogP contribution in [-0.4, -0.2) is 17.7 Å². The molecule has 2 nitrogen and oxygen atoms in total. The first-order valence-corrected chi connectivity index (χ1v) is 7.01. The Kier molecular flexibility index (Phi) is 4.25. The zero-order valence-corrected chi connectivity index (χ0v) is 11.0. The van der Waals surface area contributed by atoms with Crippen LogP contribution in [0.1, 0.15) is 37.2 Å². The van der Waals surface area contributed by atoms with E-state index in [2.05, 4.69) is 12.2 Å². The van der Waals surface area contributed by atoms with E-state index in [1.165, 1.54) is 30.6 Å². The van der Waals surface area contributed by atoms with Gasteiger partial charge in [0.05, 0.1) is 4.34 Å². The lowest BCUT2D eigenvalue weighted by Gasteiger charge is -2.16. The van der Waals surface area contributed by atoms with Crippen LogP contribution in [0.25, 0.3) is 0 Å². The lowest BCUT2D eigenvalue weighted by Crippen LogP contribution is -2.30. The number of aliphatic hydroxyl groups excluding tert-OH is 1. The van der Waals surface area contributed by atoms with E-state index in [0.29, 0.717) is 12.6 Å². The van der Waals surface area contributed by atoms with Gasteiger partial charge in [0.1, 0.15) is 6.10 Å². The first-order chi connectivity index (χ1) is 7.65. The molecule has 0 aromatic carbocycles. The number of hydrogen-bond acceptors (Lipinski definition) is 3. The Labute approximate surface area is 106 Å². The number of halogens is 1. The quantitative estimate of drug-likeness (QED) is 0.822. The van der Waals surface area contributed by atoms with Gasteiger partial charge in [-0.05, 0) is 31.4 Å². The normalized spacial score (nSPS) is 19.7. The fourth-order valence-electron chi connectivity index (χ4n) is 1.86. The van der Waals surface area contributed by atoms with Gasteiger partial charge in [0, 0.05) is 17.5 Å². The largest absolute Gasteiger partial charge is 0.386 e. The predicted octanol–water partition coefficient (Wildman–Crippen LogP) is 3.21. The summed E-state index contributed by atoms with van der Waals surface area (Å²) in [7, 11) is 0. The van der Waals surface area contributed by atoms with Gasteiger partial charge in [0.15, 0.2) is 0 Å². The van der Waals surface area contributed by atoms with Crippen molar-refractivity contribution < 1.29 is 5.11 Å². The molecule has 1 aliphatic rings. The average Bonchev–Trinajstić information content (AvgIpc) is 2.95. The minimum absolute atomic E-state index is 0.431. The molecule has 1 aliphatic carbocycles. The number of aliphatic hydroxyl groups is 1. The minimum Gasteiger partial charge on any atom is -0.386 e. The zero-order chi connectivity index (χ0) is 11.5. The second-order valence-corrected chi connectivity index (χ2v) is 6.39. The van der Waals surface area contributed by atoms with Crippen LogP contribution in [0.2, 0.25) is 4.34 Å². The highest BCUT2D eigenvalue weighted by Gasteiger charge is 2.23. The summed E-state index contributed by atoms with van der Waals surface area (Å²) in [6.45, 7) is 2.80. The van der Waals surface area contributed by atoms with Gasteiger partial charge in [-0.2, -0.15) is 0 Å². The molecule has 1 heterocycles. The predicted molar refractivity (Wildman–Crippen MR) is 69.1 cm³/mol. The molecule has 2 N–H and O–H groups in total. The van der Waals surface area contributed by atoms with Crippen molar-refractivity contribution in [3.05, 3.63) is 21.3 Å². The van der Waals surface area contributed by atoms with E-state index in [0.717, 1.165) is 15.1 Å². The summed E-state index contributed by atoms with van der Waals surface area (Å²) in [5.41, 5.74) is 0. The van der Waals surface area contributed by atoms with Gasteiger partial charge < -0.3 is 10.4 Å². The van der Waals surface area contributed by atoms with E-state index in [-0.39, 0.29) is 0 Å². The number of thiophene rings is 1. The van der Waals surface area contributed by atoms with E-state index in [1.807, 2.05) is 12.1 Å². The van der Waals surface area contributed by atoms with E-state index < -0.39 is 6.10 Å². The molecular weight excluding hydrogens is 242 g/mol. The summed E-state index contributed by atoms with van der Waals surface area (Å²) >= 11 is 7.28. The van der Waals surface area contributed by atoms with Crippen LogP contribution in [0.3, 0.4) is 0 Å². The molecule has 0 aliphatic heterocycles. The summed E-state index contributed by atoms with van der Waals surface area (Å²) in [4.78, 5) is 0.941. The Bertz CT molecular complexity index is 338. The second-order valence-electron chi connectivity index (χ2n) is 4.65. The maximum atomic E-state index is 9.92. The highest BCUT2D eigenvalue weighted by molar-refractivity contribution is 7.16. The molecule has 1 aromatic rings. The summed E-state index contributed by atoms with van der Waals surface area (Å²) < 4.78 is 0.736. The van der Waals surface area contributed by atoms with Crippen molar-refractivity contribution in [3.8, 4) is 0 Å². The molecule has 0 bridgehead atoms. The minimum atomic E-state index is -0.431. The third kappa shape index (κ3) is 3.74. The van der Waals surface area contributed by atoms with Crippen LogP contribution in [-0.2, 0) is 0 Å². The van der Waals surface area contributed by atoms with Gasteiger partial charge in [-0.25, -0.2) is 0 Å². The van der Waals surface area contributed by atoms with Crippen LogP contribution in [0.15, 0.2) is 12.1 Å². The van der Waals surface area contributed by atoms with Crippen LogP contribution in [0.4, 0.5) is 0 Å². The molecule has 16 heavy (non-hydrogen) atoms.